The fourth-order valence-electron chi connectivity index (χ4n) is 3.20. The van der Waals surface area contributed by atoms with Crippen molar-refractivity contribution in [3.63, 3.8) is 0 Å². The first-order chi connectivity index (χ1) is 10.5. The molecular formula is C14H18N4O4. The second kappa shape index (κ2) is 5.43. The van der Waals surface area contributed by atoms with Gasteiger partial charge in [-0.15, -0.1) is 0 Å². The Morgan fingerprint density at radius 2 is 2.18 bits per heavy atom. The molecule has 4 amide bonds. The highest BCUT2D eigenvalue weighted by atomic mass is 16.5. The van der Waals surface area contributed by atoms with Crippen molar-refractivity contribution in [1.29, 1.82) is 0 Å². The fraction of sp³-hybridized carbons (Fsp3) is 0.571. The van der Waals surface area contributed by atoms with E-state index in [1.54, 1.807) is 4.90 Å². The van der Waals surface area contributed by atoms with Gasteiger partial charge in [0.2, 0.25) is 11.8 Å². The minimum atomic E-state index is -0.508. The largest absolute Gasteiger partial charge is 0.361 e. The summed E-state index contributed by atoms with van der Waals surface area (Å²) in [5.41, 5.74) is 1.74. The number of hydrogen-bond acceptors (Lipinski definition) is 5. The molecule has 2 aliphatic heterocycles. The van der Waals surface area contributed by atoms with Gasteiger partial charge >= 0.3 is 6.03 Å². The van der Waals surface area contributed by atoms with Gasteiger partial charge < -0.3 is 14.3 Å². The molecule has 0 aliphatic carbocycles. The summed E-state index contributed by atoms with van der Waals surface area (Å²) in [7, 11) is 0. The minimum absolute atomic E-state index is 0.0611. The molecule has 1 N–H and O–H groups in total. The lowest BCUT2D eigenvalue weighted by Gasteiger charge is -2.26. The molecule has 2 fully saturated rings. The molecule has 1 unspecified atom stereocenters. The van der Waals surface area contributed by atoms with Crippen LogP contribution in [0.3, 0.4) is 0 Å². The number of imide groups is 1. The summed E-state index contributed by atoms with van der Waals surface area (Å²) >= 11 is 0. The van der Waals surface area contributed by atoms with Gasteiger partial charge in [-0.05, 0) is 26.7 Å². The van der Waals surface area contributed by atoms with E-state index in [4.69, 9.17) is 4.52 Å². The molecule has 3 heterocycles. The highest BCUT2D eigenvalue weighted by molar-refractivity contribution is 6.03. The zero-order valence-corrected chi connectivity index (χ0v) is 12.6. The van der Waals surface area contributed by atoms with Crippen LogP contribution in [0.2, 0.25) is 0 Å². The number of urea groups is 1. The van der Waals surface area contributed by atoms with Crippen LogP contribution in [-0.2, 0) is 9.59 Å². The second-order valence-electron chi connectivity index (χ2n) is 5.69. The van der Waals surface area contributed by atoms with Crippen molar-refractivity contribution in [1.82, 2.24) is 20.3 Å². The first kappa shape index (κ1) is 14.6. The van der Waals surface area contributed by atoms with E-state index in [1.807, 2.05) is 13.8 Å². The van der Waals surface area contributed by atoms with Gasteiger partial charge in [-0.2, -0.15) is 0 Å². The van der Waals surface area contributed by atoms with Crippen molar-refractivity contribution in [3.05, 3.63) is 17.0 Å². The summed E-state index contributed by atoms with van der Waals surface area (Å²) < 4.78 is 5.19. The lowest BCUT2D eigenvalue weighted by molar-refractivity contribution is -0.132. The van der Waals surface area contributed by atoms with Crippen LogP contribution in [0.25, 0.3) is 0 Å². The maximum atomic E-state index is 12.5. The van der Waals surface area contributed by atoms with E-state index in [0.717, 1.165) is 29.9 Å². The molecule has 2 saturated heterocycles. The van der Waals surface area contributed by atoms with Gasteiger partial charge in [-0.3, -0.25) is 14.9 Å². The number of aryl methyl sites for hydroxylation is 2. The molecule has 8 heteroatoms. The van der Waals surface area contributed by atoms with Crippen molar-refractivity contribution in [2.75, 3.05) is 19.6 Å². The zero-order chi connectivity index (χ0) is 15.9. The number of rotatable bonds is 3. The summed E-state index contributed by atoms with van der Waals surface area (Å²) in [6, 6.07) is -0.577. The Balaban J connectivity index is 1.74. The van der Waals surface area contributed by atoms with E-state index in [9.17, 15) is 14.4 Å². The van der Waals surface area contributed by atoms with Gasteiger partial charge in [0.05, 0.1) is 11.7 Å². The Bertz CT molecular complexity index is 619. The average Bonchev–Trinajstić information content (AvgIpc) is 3.11. The topological polar surface area (TPSA) is 95.8 Å². The van der Waals surface area contributed by atoms with Crippen molar-refractivity contribution in [3.8, 4) is 0 Å². The molecule has 2 aliphatic rings. The molecule has 0 aromatic carbocycles. The Morgan fingerprint density at radius 3 is 2.77 bits per heavy atom. The molecule has 1 atom stereocenters. The van der Waals surface area contributed by atoms with Gasteiger partial charge in [0.1, 0.15) is 18.8 Å². The number of hydrogen-bond donors (Lipinski definition) is 1. The van der Waals surface area contributed by atoms with Gasteiger partial charge in [0, 0.05) is 12.1 Å². The van der Waals surface area contributed by atoms with E-state index in [1.165, 1.54) is 4.90 Å². The molecule has 1 aromatic rings. The highest BCUT2D eigenvalue weighted by Gasteiger charge is 2.36. The summed E-state index contributed by atoms with van der Waals surface area (Å²) in [6.45, 7) is 4.19. The van der Waals surface area contributed by atoms with E-state index < -0.39 is 6.03 Å². The number of carbonyl (C=O) groups is 3. The van der Waals surface area contributed by atoms with Crippen molar-refractivity contribution in [2.24, 2.45) is 0 Å². The zero-order valence-electron chi connectivity index (χ0n) is 12.6. The van der Waals surface area contributed by atoms with Crippen LogP contribution in [0, 0.1) is 13.8 Å². The summed E-state index contributed by atoms with van der Waals surface area (Å²) in [4.78, 5) is 38.2. The first-order valence-electron chi connectivity index (χ1n) is 7.28. The van der Waals surface area contributed by atoms with Crippen LogP contribution in [-0.4, -0.2) is 52.4 Å². The lowest BCUT2D eigenvalue weighted by Crippen LogP contribution is -2.41. The number of nitrogens with zero attached hydrogens (tertiary/aromatic N) is 3. The molecule has 0 bridgehead atoms. The summed E-state index contributed by atoms with van der Waals surface area (Å²) in [6.07, 6.45) is 1.74. The molecule has 3 rings (SSSR count). The van der Waals surface area contributed by atoms with E-state index in [-0.39, 0.29) is 30.9 Å². The van der Waals surface area contributed by atoms with Crippen LogP contribution in [0.15, 0.2) is 4.52 Å². The third kappa shape index (κ3) is 2.44. The predicted molar refractivity (Wildman–Crippen MR) is 74.8 cm³/mol. The van der Waals surface area contributed by atoms with Crippen LogP contribution < -0.4 is 5.32 Å². The Kier molecular flexibility index (Phi) is 3.59. The number of aromatic nitrogens is 1. The number of carbonyl (C=O) groups excluding carboxylic acids is 3. The van der Waals surface area contributed by atoms with E-state index in [0.29, 0.717) is 6.54 Å². The van der Waals surface area contributed by atoms with E-state index in [2.05, 4.69) is 10.5 Å². The second-order valence-corrected chi connectivity index (χ2v) is 5.69. The van der Waals surface area contributed by atoms with Gasteiger partial charge in [-0.25, -0.2) is 4.79 Å². The van der Waals surface area contributed by atoms with Gasteiger partial charge in [0.25, 0.3) is 0 Å². The summed E-state index contributed by atoms with van der Waals surface area (Å²) in [5.74, 6) is 0.185. The highest BCUT2D eigenvalue weighted by Crippen LogP contribution is 2.35. The molecule has 118 valence electrons. The number of likely N-dealkylation sites (tertiary alicyclic amines) is 1. The predicted octanol–water partition coefficient (Wildman–Crippen LogP) is 0.507. The van der Waals surface area contributed by atoms with Crippen molar-refractivity contribution < 1.29 is 18.9 Å². The maximum Gasteiger partial charge on any atom is 0.325 e. The van der Waals surface area contributed by atoms with Crippen molar-refractivity contribution >= 4 is 17.8 Å². The Morgan fingerprint density at radius 1 is 1.41 bits per heavy atom. The average molecular weight is 306 g/mol. The standard InChI is InChI=1S/C14H18N4O4/c1-8-13(9(2)22-16-8)10-4-3-5-18(10)12(20)7-17-6-11(19)15-14(17)21/h10H,3-7H2,1-2H3,(H,15,19,21). The van der Waals surface area contributed by atoms with Crippen LogP contribution >= 0.6 is 0 Å². The monoisotopic (exact) mass is 306 g/mol. The SMILES string of the molecule is Cc1noc(C)c1C1CCCN1C(=O)CN1CC(=O)NC1=O. The maximum absolute atomic E-state index is 12.5. The fourth-order valence-corrected chi connectivity index (χ4v) is 3.20. The lowest BCUT2D eigenvalue weighted by atomic mass is 10.0. The van der Waals surface area contributed by atoms with Crippen LogP contribution in [0.4, 0.5) is 4.79 Å². The molecule has 0 spiro atoms. The van der Waals surface area contributed by atoms with Crippen LogP contribution in [0.5, 0.6) is 0 Å². The molecule has 8 nitrogen and oxygen atoms in total. The Labute approximate surface area is 127 Å². The first-order valence-corrected chi connectivity index (χ1v) is 7.28. The normalized spacial score (nSPS) is 21.6. The molecule has 0 saturated carbocycles. The quantitative estimate of drug-likeness (QED) is 0.821. The van der Waals surface area contributed by atoms with E-state index >= 15 is 0 Å². The molecule has 0 radical (unpaired) electrons. The molecule has 1 aromatic heterocycles. The minimum Gasteiger partial charge on any atom is -0.361 e. The molecular weight excluding hydrogens is 288 g/mol. The van der Waals surface area contributed by atoms with Crippen molar-refractivity contribution in [2.45, 2.75) is 32.7 Å². The third-order valence-corrected chi connectivity index (χ3v) is 4.19. The van der Waals surface area contributed by atoms with Gasteiger partial charge in [-0.1, -0.05) is 5.16 Å². The number of amides is 4. The molecule has 22 heavy (non-hydrogen) atoms. The summed E-state index contributed by atoms with van der Waals surface area (Å²) in [5, 5.41) is 6.12. The Hall–Kier alpha value is -2.38. The van der Waals surface area contributed by atoms with Crippen LogP contribution in [0.1, 0.15) is 35.9 Å². The third-order valence-electron chi connectivity index (χ3n) is 4.19. The number of nitrogens with one attached hydrogen (secondary N) is 1. The van der Waals surface area contributed by atoms with Gasteiger partial charge in [0.15, 0.2) is 0 Å². The smallest absolute Gasteiger partial charge is 0.325 e.